The van der Waals surface area contributed by atoms with Crippen molar-refractivity contribution >= 4 is 23.0 Å². The molecule has 0 heterocycles. The first-order valence-corrected chi connectivity index (χ1v) is 7.30. The summed E-state index contributed by atoms with van der Waals surface area (Å²) in [7, 11) is 0. The van der Waals surface area contributed by atoms with Crippen LogP contribution in [0.1, 0.15) is 36.7 Å². The van der Waals surface area contributed by atoms with Crippen LogP contribution < -0.4 is 16.4 Å². The van der Waals surface area contributed by atoms with Gasteiger partial charge in [-0.15, -0.1) is 0 Å². The third-order valence-electron chi connectivity index (χ3n) is 3.15. The Balaban J connectivity index is 2.21. The van der Waals surface area contributed by atoms with Gasteiger partial charge in [-0.3, -0.25) is 4.79 Å². The van der Waals surface area contributed by atoms with Crippen LogP contribution in [0.15, 0.2) is 42.5 Å². The average Bonchev–Trinajstić information content (AvgIpc) is 2.39. The maximum Gasteiger partial charge on any atom is 0.255 e. The van der Waals surface area contributed by atoms with E-state index in [2.05, 4.69) is 31.4 Å². The van der Waals surface area contributed by atoms with Crippen molar-refractivity contribution in [2.24, 2.45) is 0 Å². The van der Waals surface area contributed by atoms with Gasteiger partial charge in [0, 0.05) is 28.2 Å². The van der Waals surface area contributed by atoms with Crippen LogP contribution in [-0.2, 0) is 0 Å². The molecule has 1 amide bonds. The third-order valence-corrected chi connectivity index (χ3v) is 3.15. The fraction of sp³-hybridized carbons (Fsp3) is 0.278. The van der Waals surface area contributed by atoms with E-state index in [-0.39, 0.29) is 11.4 Å². The molecular formula is C18H23N3O. The molecule has 0 aliphatic rings. The molecule has 0 saturated heterocycles. The number of carbonyl (C=O) groups excluding carboxylic acids is 1. The Kier molecular flexibility index (Phi) is 4.40. The molecule has 22 heavy (non-hydrogen) atoms. The number of carbonyl (C=O) groups is 1. The number of aryl methyl sites for hydroxylation is 1. The van der Waals surface area contributed by atoms with E-state index in [0.29, 0.717) is 16.9 Å². The molecule has 0 radical (unpaired) electrons. The van der Waals surface area contributed by atoms with E-state index in [1.165, 1.54) is 0 Å². The maximum atomic E-state index is 12.4. The van der Waals surface area contributed by atoms with Gasteiger partial charge in [-0.25, -0.2) is 0 Å². The summed E-state index contributed by atoms with van der Waals surface area (Å²) >= 11 is 0. The van der Waals surface area contributed by atoms with Crippen LogP contribution in [0.25, 0.3) is 0 Å². The molecule has 4 nitrogen and oxygen atoms in total. The molecule has 0 bridgehead atoms. The standard InChI is InChI=1S/C18H23N3O/c1-12-8-9-13(10-16(12)21-18(2,3)4)17(22)20-15-7-5-6-14(19)11-15/h5-11,21H,19H2,1-4H3,(H,20,22). The number of hydrogen-bond acceptors (Lipinski definition) is 3. The summed E-state index contributed by atoms with van der Waals surface area (Å²) in [6.45, 7) is 8.29. The van der Waals surface area contributed by atoms with Crippen LogP contribution in [0.4, 0.5) is 17.1 Å². The molecule has 2 aromatic carbocycles. The van der Waals surface area contributed by atoms with E-state index in [4.69, 9.17) is 5.73 Å². The van der Waals surface area contributed by atoms with Crippen LogP contribution in [0, 0.1) is 6.92 Å². The Labute approximate surface area is 131 Å². The average molecular weight is 297 g/mol. The van der Waals surface area contributed by atoms with Gasteiger partial charge in [0.15, 0.2) is 0 Å². The number of nitrogens with one attached hydrogen (secondary N) is 2. The quantitative estimate of drug-likeness (QED) is 0.749. The molecule has 2 rings (SSSR count). The van der Waals surface area contributed by atoms with Gasteiger partial charge in [-0.2, -0.15) is 0 Å². The van der Waals surface area contributed by atoms with Crippen LogP contribution in [-0.4, -0.2) is 11.4 Å². The van der Waals surface area contributed by atoms with E-state index >= 15 is 0 Å². The highest BCUT2D eigenvalue weighted by Gasteiger charge is 2.13. The minimum absolute atomic E-state index is 0.0618. The van der Waals surface area contributed by atoms with E-state index in [0.717, 1.165) is 11.3 Å². The molecule has 0 aliphatic carbocycles. The molecule has 0 fully saturated rings. The summed E-state index contributed by atoms with van der Waals surface area (Å²) < 4.78 is 0. The van der Waals surface area contributed by atoms with Crippen molar-refractivity contribution in [1.29, 1.82) is 0 Å². The lowest BCUT2D eigenvalue weighted by Gasteiger charge is -2.24. The van der Waals surface area contributed by atoms with Gasteiger partial charge in [-0.1, -0.05) is 12.1 Å². The summed E-state index contributed by atoms with van der Waals surface area (Å²) in [4.78, 5) is 12.4. The van der Waals surface area contributed by atoms with Gasteiger partial charge in [0.05, 0.1) is 0 Å². The van der Waals surface area contributed by atoms with Crippen molar-refractivity contribution in [3.63, 3.8) is 0 Å². The Bertz CT molecular complexity index is 687. The number of benzene rings is 2. The van der Waals surface area contributed by atoms with Gasteiger partial charge in [0.1, 0.15) is 0 Å². The highest BCUT2D eigenvalue weighted by molar-refractivity contribution is 6.05. The number of rotatable bonds is 3. The minimum atomic E-state index is -0.150. The molecule has 2 aromatic rings. The molecule has 4 heteroatoms. The van der Waals surface area contributed by atoms with Gasteiger partial charge >= 0.3 is 0 Å². The molecule has 0 saturated carbocycles. The van der Waals surface area contributed by atoms with Crippen LogP contribution >= 0.6 is 0 Å². The predicted octanol–water partition coefficient (Wildman–Crippen LogP) is 4.04. The SMILES string of the molecule is Cc1ccc(C(=O)Nc2cccc(N)c2)cc1NC(C)(C)C. The first kappa shape index (κ1) is 15.9. The van der Waals surface area contributed by atoms with Gasteiger partial charge in [-0.05, 0) is 63.6 Å². The fourth-order valence-corrected chi connectivity index (χ4v) is 2.12. The first-order valence-electron chi connectivity index (χ1n) is 7.30. The zero-order valence-electron chi connectivity index (χ0n) is 13.5. The molecule has 4 N–H and O–H groups in total. The zero-order valence-corrected chi connectivity index (χ0v) is 13.5. The van der Waals surface area contributed by atoms with Crippen molar-refractivity contribution in [3.05, 3.63) is 53.6 Å². The molecule has 0 unspecified atom stereocenters. The highest BCUT2D eigenvalue weighted by atomic mass is 16.1. The summed E-state index contributed by atoms with van der Waals surface area (Å²) in [5.74, 6) is -0.150. The van der Waals surface area contributed by atoms with Gasteiger partial charge in [0.2, 0.25) is 0 Å². The number of hydrogen-bond donors (Lipinski definition) is 3. The van der Waals surface area contributed by atoms with Crippen LogP contribution in [0.5, 0.6) is 0 Å². The largest absolute Gasteiger partial charge is 0.399 e. The lowest BCUT2D eigenvalue weighted by molar-refractivity contribution is 0.102. The van der Waals surface area contributed by atoms with E-state index in [9.17, 15) is 4.79 Å². The number of anilines is 3. The third kappa shape index (κ3) is 4.25. The summed E-state index contributed by atoms with van der Waals surface area (Å²) in [6.07, 6.45) is 0. The smallest absolute Gasteiger partial charge is 0.255 e. The van der Waals surface area contributed by atoms with Gasteiger partial charge < -0.3 is 16.4 Å². The second-order valence-electron chi connectivity index (χ2n) is 6.48. The van der Waals surface area contributed by atoms with Crippen LogP contribution in [0.2, 0.25) is 0 Å². The predicted molar refractivity (Wildman–Crippen MR) is 93.4 cm³/mol. The Morgan fingerprint density at radius 2 is 1.82 bits per heavy atom. The maximum absolute atomic E-state index is 12.4. The van der Waals surface area contributed by atoms with E-state index in [1.807, 2.05) is 37.3 Å². The van der Waals surface area contributed by atoms with Crippen molar-refractivity contribution < 1.29 is 4.79 Å². The molecule has 0 aliphatic heterocycles. The zero-order chi connectivity index (χ0) is 16.3. The number of nitrogen functional groups attached to an aromatic ring is 1. The molecule has 0 spiro atoms. The molecular weight excluding hydrogens is 274 g/mol. The summed E-state index contributed by atoms with van der Waals surface area (Å²) in [5.41, 5.74) is 9.66. The van der Waals surface area contributed by atoms with Crippen LogP contribution in [0.3, 0.4) is 0 Å². The first-order chi connectivity index (χ1) is 10.2. The molecule has 116 valence electrons. The van der Waals surface area contributed by atoms with Crippen molar-refractivity contribution in [3.8, 4) is 0 Å². The summed E-state index contributed by atoms with van der Waals surface area (Å²) in [5, 5.41) is 6.28. The number of amides is 1. The van der Waals surface area contributed by atoms with E-state index < -0.39 is 0 Å². The molecule has 0 atom stereocenters. The Morgan fingerprint density at radius 1 is 1.09 bits per heavy atom. The lowest BCUT2D eigenvalue weighted by atomic mass is 10.0. The fourth-order valence-electron chi connectivity index (χ4n) is 2.12. The normalized spacial score (nSPS) is 11.1. The second kappa shape index (κ2) is 6.10. The minimum Gasteiger partial charge on any atom is -0.399 e. The van der Waals surface area contributed by atoms with Crippen molar-refractivity contribution in [1.82, 2.24) is 0 Å². The van der Waals surface area contributed by atoms with Gasteiger partial charge in [0.25, 0.3) is 5.91 Å². The molecule has 0 aromatic heterocycles. The highest BCUT2D eigenvalue weighted by Crippen LogP contribution is 2.22. The monoisotopic (exact) mass is 297 g/mol. The van der Waals surface area contributed by atoms with Crippen molar-refractivity contribution in [2.45, 2.75) is 33.2 Å². The second-order valence-corrected chi connectivity index (χ2v) is 6.48. The lowest BCUT2D eigenvalue weighted by Crippen LogP contribution is -2.26. The number of nitrogens with two attached hydrogens (primary N) is 1. The van der Waals surface area contributed by atoms with E-state index in [1.54, 1.807) is 12.1 Å². The topological polar surface area (TPSA) is 67.2 Å². The Hall–Kier alpha value is -2.49. The van der Waals surface area contributed by atoms with Crippen molar-refractivity contribution in [2.75, 3.05) is 16.4 Å². The summed E-state index contributed by atoms with van der Waals surface area (Å²) in [6, 6.07) is 12.8. The Morgan fingerprint density at radius 3 is 2.45 bits per heavy atom.